The van der Waals surface area contributed by atoms with Crippen LogP contribution in [0.15, 0.2) is 34.8 Å². The van der Waals surface area contributed by atoms with Gasteiger partial charge in [0.15, 0.2) is 0 Å². The minimum Gasteiger partial charge on any atom is -0.211 e. The van der Waals surface area contributed by atoms with Gasteiger partial charge in [0.05, 0.1) is 11.1 Å². The second kappa shape index (κ2) is 6.01. The first-order chi connectivity index (χ1) is 9.67. The molecule has 0 aliphatic rings. The minimum absolute atomic E-state index is 0.766. The Morgan fingerprint density at radius 3 is 2.05 bits per heavy atom. The molecular formula is C17H20N2O2. The third kappa shape index (κ3) is 3.43. The van der Waals surface area contributed by atoms with Crippen molar-refractivity contribution in [3.8, 4) is 0 Å². The van der Waals surface area contributed by atoms with E-state index in [2.05, 4.69) is 16.6 Å². The maximum atomic E-state index is 10.8. The first kappa shape index (κ1) is 16.8. The SMILES string of the molecule is C=C(C)c1cccc(C(C)(C)N=C=O)c1C(C)(C)N=C=O. The van der Waals surface area contributed by atoms with Gasteiger partial charge in [-0.15, -0.1) is 0 Å². The second-order valence-corrected chi connectivity index (χ2v) is 6.03. The summed E-state index contributed by atoms with van der Waals surface area (Å²) in [6.45, 7) is 13.2. The Kier molecular flexibility index (Phi) is 4.80. The number of aliphatic imine (C=N–C) groups is 2. The summed E-state index contributed by atoms with van der Waals surface area (Å²) >= 11 is 0. The quantitative estimate of drug-likeness (QED) is 0.609. The first-order valence-corrected chi connectivity index (χ1v) is 6.65. The molecule has 0 aromatic heterocycles. The molecule has 4 heteroatoms. The maximum Gasteiger partial charge on any atom is 0.235 e. The van der Waals surface area contributed by atoms with Crippen molar-refractivity contribution in [2.24, 2.45) is 9.98 Å². The van der Waals surface area contributed by atoms with E-state index in [1.54, 1.807) is 12.2 Å². The fourth-order valence-electron chi connectivity index (χ4n) is 2.42. The van der Waals surface area contributed by atoms with Crippen molar-refractivity contribution in [1.29, 1.82) is 0 Å². The summed E-state index contributed by atoms with van der Waals surface area (Å²) in [4.78, 5) is 29.3. The highest BCUT2D eigenvalue weighted by atomic mass is 16.1. The Hall–Kier alpha value is -2.28. The molecule has 0 heterocycles. The Balaban J connectivity index is 3.83. The Morgan fingerprint density at radius 1 is 1.05 bits per heavy atom. The van der Waals surface area contributed by atoms with E-state index < -0.39 is 11.1 Å². The van der Waals surface area contributed by atoms with Crippen molar-refractivity contribution in [2.45, 2.75) is 45.7 Å². The van der Waals surface area contributed by atoms with E-state index in [0.29, 0.717) is 0 Å². The van der Waals surface area contributed by atoms with Gasteiger partial charge in [0.1, 0.15) is 0 Å². The van der Waals surface area contributed by atoms with Crippen LogP contribution in [-0.4, -0.2) is 12.2 Å². The lowest BCUT2D eigenvalue weighted by atomic mass is 9.78. The van der Waals surface area contributed by atoms with Crippen molar-refractivity contribution < 1.29 is 9.59 Å². The molecule has 0 spiro atoms. The van der Waals surface area contributed by atoms with Crippen LogP contribution in [0.5, 0.6) is 0 Å². The zero-order valence-electron chi connectivity index (χ0n) is 13.2. The van der Waals surface area contributed by atoms with Crippen LogP contribution in [0.2, 0.25) is 0 Å². The van der Waals surface area contributed by atoms with Crippen molar-refractivity contribution >= 4 is 17.7 Å². The molecule has 1 rings (SSSR count). The summed E-state index contributed by atoms with van der Waals surface area (Å²) in [5.41, 5.74) is 1.83. The molecule has 21 heavy (non-hydrogen) atoms. The van der Waals surface area contributed by atoms with Crippen LogP contribution >= 0.6 is 0 Å². The Morgan fingerprint density at radius 2 is 1.57 bits per heavy atom. The van der Waals surface area contributed by atoms with E-state index in [1.165, 1.54) is 0 Å². The summed E-state index contributed by atoms with van der Waals surface area (Å²) in [6, 6.07) is 5.68. The number of hydrogen-bond donors (Lipinski definition) is 0. The molecule has 0 unspecified atom stereocenters. The topological polar surface area (TPSA) is 58.9 Å². The highest BCUT2D eigenvalue weighted by Crippen LogP contribution is 2.39. The van der Waals surface area contributed by atoms with Gasteiger partial charge in [0.25, 0.3) is 0 Å². The summed E-state index contributed by atoms with van der Waals surface area (Å²) in [5, 5.41) is 0. The third-order valence-corrected chi connectivity index (χ3v) is 3.45. The van der Waals surface area contributed by atoms with E-state index in [4.69, 9.17) is 0 Å². The fraction of sp³-hybridized carbons (Fsp3) is 0.412. The number of isocyanates is 2. The van der Waals surface area contributed by atoms with Crippen molar-refractivity contribution in [2.75, 3.05) is 0 Å². The Bertz CT molecular complexity index is 659. The predicted molar refractivity (Wildman–Crippen MR) is 83.4 cm³/mol. The van der Waals surface area contributed by atoms with E-state index >= 15 is 0 Å². The van der Waals surface area contributed by atoms with Gasteiger partial charge in [-0.2, -0.15) is 9.98 Å². The van der Waals surface area contributed by atoms with Gasteiger partial charge in [-0.3, -0.25) is 0 Å². The maximum absolute atomic E-state index is 10.8. The summed E-state index contributed by atoms with van der Waals surface area (Å²) in [7, 11) is 0. The van der Waals surface area contributed by atoms with Gasteiger partial charge >= 0.3 is 0 Å². The number of allylic oxidation sites excluding steroid dienone is 1. The van der Waals surface area contributed by atoms with Crippen LogP contribution in [0.25, 0.3) is 5.57 Å². The van der Waals surface area contributed by atoms with Crippen molar-refractivity contribution in [3.63, 3.8) is 0 Å². The summed E-state index contributed by atoms with van der Waals surface area (Å²) < 4.78 is 0. The van der Waals surface area contributed by atoms with Crippen LogP contribution in [0.3, 0.4) is 0 Å². The normalized spacial score (nSPS) is 11.3. The molecule has 0 fully saturated rings. The molecule has 0 aliphatic carbocycles. The highest BCUT2D eigenvalue weighted by molar-refractivity contribution is 5.68. The Labute approximate surface area is 125 Å². The van der Waals surface area contributed by atoms with Crippen LogP contribution < -0.4 is 0 Å². The molecule has 0 radical (unpaired) electrons. The lowest BCUT2D eigenvalue weighted by Crippen LogP contribution is -2.25. The van der Waals surface area contributed by atoms with Crippen LogP contribution in [-0.2, 0) is 20.7 Å². The monoisotopic (exact) mass is 284 g/mol. The zero-order valence-corrected chi connectivity index (χ0v) is 13.2. The number of hydrogen-bond acceptors (Lipinski definition) is 4. The second-order valence-electron chi connectivity index (χ2n) is 6.03. The van der Waals surface area contributed by atoms with Crippen molar-refractivity contribution in [3.05, 3.63) is 41.5 Å². The lowest BCUT2D eigenvalue weighted by Gasteiger charge is -2.30. The van der Waals surface area contributed by atoms with E-state index in [0.717, 1.165) is 22.3 Å². The molecule has 0 bridgehead atoms. The lowest BCUT2D eigenvalue weighted by molar-refractivity contribution is 0.484. The van der Waals surface area contributed by atoms with Gasteiger partial charge in [0, 0.05) is 0 Å². The summed E-state index contributed by atoms with van der Waals surface area (Å²) in [5.74, 6) is 0. The smallest absolute Gasteiger partial charge is 0.211 e. The molecule has 4 nitrogen and oxygen atoms in total. The van der Waals surface area contributed by atoms with E-state index in [9.17, 15) is 9.59 Å². The van der Waals surface area contributed by atoms with Crippen LogP contribution in [0.1, 0.15) is 51.3 Å². The summed E-state index contributed by atoms with van der Waals surface area (Å²) in [6.07, 6.45) is 3.23. The van der Waals surface area contributed by atoms with Gasteiger partial charge in [0.2, 0.25) is 12.2 Å². The van der Waals surface area contributed by atoms with Crippen molar-refractivity contribution in [1.82, 2.24) is 0 Å². The molecule has 0 amide bonds. The molecule has 0 saturated heterocycles. The number of nitrogens with zero attached hydrogens (tertiary/aromatic N) is 2. The number of carbonyl (C=O) groups excluding carboxylic acids is 2. The molecule has 0 N–H and O–H groups in total. The standard InChI is InChI=1S/C17H20N2O2/c1-12(2)13-8-7-9-14(16(3,4)18-10-20)15(13)17(5,6)19-11-21/h7-9H,1H2,2-6H3. The molecule has 0 aliphatic heterocycles. The molecule has 1 aromatic carbocycles. The van der Waals surface area contributed by atoms with E-state index in [1.807, 2.05) is 52.8 Å². The fourth-order valence-corrected chi connectivity index (χ4v) is 2.42. The van der Waals surface area contributed by atoms with E-state index in [-0.39, 0.29) is 0 Å². The van der Waals surface area contributed by atoms with Crippen LogP contribution in [0, 0.1) is 0 Å². The molecule has 0 atom stereocenters. The molecule has 0 saturated carbocycles. The van der Waals surface area contributed by atoms with Gasteiger partial charge in [-0.1, -0.05) is 30.4 Å². The third-order valence-electron chi connectivity index (χ3n) is 3.45. The molecule has 1 aromatic rings. The molecular weight excluding hydrogens is 264 g/mol. The van der Waals surface area contributed by atoms with Gasteiger partial charge in [-0.05, 0) is 51.3 Å². The zero-order chi connectivity index (χ0) is 16.3. The average molecular weight is 284 g/mol. The van der Waals surface area contributed by atoms with Gasteiger partial charge < -0.3 is 0 Å². The van der Waals surface area contributed by atoms with Gasteiger partial charge in [-0.25, -0.2) is 9.59 Å². The highest BCUT2D eigenvalue weighted by Gasteiger charge is 2.32. The minimum atomic E-state index is -0.789. The number of rotatable bonds is 5. The number of benzene rings is 1. The average Bonchev–Trinajstić information content (AvgIpc) is 2.37. The first-order valence-electron chi connectivity index (χ1n) is 6.65. The predicted octanol–water partition coefficient (Wildman–Crippen LogP) is 3.86. The largest absolute Gasteiger partial charge is 0.235 e. The molecule has 110 valence electrons. The van der Waals surface area contributed by atoms with Crippen LogP contribution in [0.4, 0.5) is 0 Å².